The summed E-state index contributed by atoms with van der Waals surface area (Å²) in [5.41, 5.74) is 1.40. The van der Waals surface area contributed by atoms with E-state index in [2.05, 4.69) is 0 Å². The largest absolute Gasteiger partial charge is 0.298 e. The van der Waals surface area contributed by atoms with Gasteiger partial charge in [-0.25, -0.2) is 0 Å². The first-order valence-corrected chi connectivity index (χ1v) is 7.51. The molecule has 0 aromatic heterocycles. The van der Waals surface area contributed by atoms with Gasteiger partial charge < -0.3 is 0 Å². The van der Waals surface area contributed by atoms with Crippen LogP contribution in [0.15, 0.2) is 35.9 Å². The zero-order chi connectivity index (χ0) is 14.2. The van der Waals surface area contributed by atoms with E-state index in [0.29, 0.717) is 17.9 Å². The van der Waals surface area contributed by atoms with Crippen molar-refractivity contribution in [2.45, 2.75) is 43.9 Å². The molecular formula is C17H17ClO2. The molecule has 0 bridgehead atoms. The van der Waals surface area contributed by atoms with Crippen LogP contribution in [0.3, 0.4) is 0 Å². The van der Waals surface area contributed by atoms with E-state index in [9.17, 15) is 9.59 Å². The molecule has 0 amide bonds. The highest BCUT2D eigenvalue weighted by atomic mass is 35.5. The monoisotopic (exact) mass is 288 g/mol. The maximum absolute atomic E-state index is 12.6. The van der Waals surface area contributed by atoms with Crippen molar-refractivity contribution in [2.24, 2.45) is 0 Å². The topological polar surface area (TPSA) is 34.1 Å². The van der Waals surface area contributed by atoms with Gasteiger partial charge in [0, 0.05) is 17.9 Å². The van der Waals surface area contributed by atoms with Crippen molar-refractivity contribution in [3.8, 4) is 0 Å². The Balaban J connectivity index is 1.78. The summed E-state index contributed by atoms with van der Waals surface area (Å²) in [5, 5.41) is 0.683. The van der Waals surface area contributed by atoms with Crippen LogP contribution in [-0.2, 0) is 15.0 Å². The number of Topliss-reactive ketones (excluding diaryl/α,β-unsaturated/α-hetero) is 2. The Morgan fingerprint density at radius 3 is 2.50 bits per heavy atom. The van der Waals surface area contributed by atoms with Crippen LogP contribution in [0.5, 0.6) is 0 Å². The molecule has 0 unspecified atom stereocenters. The maximum atomic E-state index is 12.6. The summed E-state index contributed by atoms with van der Waals surface area (Å²) in [4.78, 5) is 24.4. The molecule has 0 atom stereocenters. The molecule has 2 aliphatic carbocycles. The van der Waals surface area contributed by atoms with Crippen LogP contribution in [-0.4, -0.2) is 11.6 Å². The number of allylic oxidation sites excluding steroid dienone is 2. The fourth-order valence-corrected chi connectivity index (χ4v) is 3.07. The molecule has 1 aromatic rings. The van der Waals surface area contributed by atoms with E-state index in [1.54, 1.807) is 0 Å². The van der Waals surface area contributed by atoms with Gasteiger partial charge in [0.05, 0.1) is 5.41 Å². The normalized spacial score (nSPS) is 20.4. The Bertz CT molecular complexity index is 580. The second kappa shape index (κ2) is 5.17. The lowest BCUT2D eigenvalue weighted by molar-refractivity contribution is -0.123. The zero-order valence-electron chi connectivity index (χ0n) is 11.3. The number of rotatable bonds is 4. The number of carbonyl (C=O) groups excluding carboxylic acids is 2. The van der Waals surface area contributed by atoms with E-state index >= 15 is 0 Å². The van der Waals surface area contributed by atoms with Crippen molar-refractivity contribution in [3.63, 3.8) is 0 Å². The first-order chi connectivity index (χ1) is 9.62. The SMILES string of the molecule is O=C1CCCC=C1CC(=O)C1(c2ccc(Cl)cc2)CC1. The van der Waals surface area contributed by atoms with Crippen LogP contribution >= 0.6 is 11.6 Å². The number of hydrogen-bond donors (Lipinski definition) is 0. The van der Waals surface area contributed by atoms with Crippen molar-refractivity contribution in [1.82, 2.24) is 0 Å². The highest BCUT2D eigenvalue weighted by molar-refractivity contribution is 6.30. The van der Waals surface area contributed by atoms with Gasteiger partial charge in [-0.15, -0.1) is 0 Å². The van der Waals surface area contributed by atoms with Gasteiger partial charge in [-0.1, -0.05) is 29.8 Å². The number of halogens is 1. The Hall–Kier alpha value is -1.41. The van der Waals surface area contributed by atoms with Gasteiger partial charge in [0.2, 0.25) is 0 Å². The summed E-state index contributed by atoms with van der Waals surface area (Å²) in [7, 11) is 0. The first-order valence-electron chi connectivity index (χ1n) is 7.13. The average molecular weight is 289 g/mol. The van der Waals surface area contributed by atoms with Crippen molar-refractivity contribution in [1.29, 1.82) is 0 Å². The van der Waals surface area contributed by atoms with Gasteiger partial charge in [0.15, 0.2) is 5.78 Å². The fraction of sp³-hybridized carbons (Fsp3) is 0.412. The molecule has 0 aliphatic heterocycles. The third kappa shape index (κ3) is 2.45. The lowest BCUT2D eigenvalue weighted by Crippen LogP contribution is -2.23. The predicted molar refractivity (Wildman–Crippen MR) is 78.9 cm³/mol. The number of hydrogen-bond acceptors (Lipinski definition) is 2. The van der Waals surface area contributed by atoms with E-state index < -0.39 is 0 Å². The molecule has 1 aromatic carbocycles. The van der Waals surface area contributed by atoms with E-state index in [1.807, 2.05) is 30.3 Å². The molecular weight excluding hydrogens is 272 g/mol. The third-order valence-electron chi connectivity index (χ3n) is 4.39. The number of benzene rings is 1. The van der Waals surface area contributed by atoms with Crippen LogP contribution < -0.4 is 0 Å². The predicted octanol–water partition coefficient (Wildman–Crippen LogP) is 4.01. The second-order valence-electron chi connectivity index (χ2n) is 5.73. The molecule has 3 rings (SSSR count). The lowest BCUT2D eigenvalue weighted by atomic mass is 9.85. The summed E-state index contributed by atoms with van der Waals surface area (Å²) in [6, 6.07) is 7.53. The summed E-state index contributed by atoms with van der Waals surface area (Å²) < 4.78 is 0. The smallest absolute Gasteiger partial charge is 0.159 e. The molecule has 0 saturated heterocycles. The minimum absolute atomic E-state index is 0.150. The molecule has 3 heteroatoms. The number of carbonyl (C=O) groups is 2. The molecule has 0 N–H and O–H groups in total. The first kappa shape index (κ1) is 13.6. The van der Waals surface area contributed by atoms with Crippen LogP contribution in [0.2, 0.25) is 5.02 Å². The van der Waals surface area contributed by atoms with Gasteiger partial charge >= 0.3 is 0 Å². The van der Waals surface area contributed by atoms with E-state index in [4.69, 9.17) is 11.6 Å². The van der Waals surface area contributed by atoms with Crippen molar-refractivity contribution in [3.05, 3.63) is 46.5 Å². The summed E-state index contributed by atoms with van der Waals surface area (Å²) in [6.45, 7) is 0. The molecule has 2 aliphatic rings. The lowest BCUT2D eigenvalue weighted by Gasteiger charge is -2.17. The van der Waals surface area contributed by atoms with E-state index in [1.165, 1.54) is 0 Å². The highest BCUT2D eigenvalue weighted by Gasteiger charge is 2.50. The van der Waals surface area contributed by atoms with Gasteiger partial charge in [-0.05, 0) is 49.0 Å². The van der Waals surface area contributed by atoms with Crippen molar-refractivity contribution in [2.75, 3.05) is 0 Å². The van der Waals surface area contributed by atoms with Crippen LogP contribution in [0.4, 0.5) is 0 Å². The van der Waals surface area contributed by atoms with Gasteiger partial charge in [-0.3, -0.25) is 9.59 Å². The summed E-state index contributed by atoms with van der Waals surface area (Å²) in [5.74, 6) is 0.331. The van der Waals surface area contributed by atoms with E-state index in [0.717, 1.165) is 36.8 Å². The molecule has 1 fully saturated rings. The fourth-order valence-electron chi connectivity index (χ4n) is 2.95. The van der Waals surface area contributed by atoms with Crippen molar-refractivity contribution >= 4 is 23.2 Å². The third-order valence-corrected chi connectivity index (χ3v) is 4.64. The Labute approximate surface area is 123 Å². The van der Waals surface area contributed by atoms with Crippen molar-refractivity contribution < 1.29 is 9.59 Å². The summed E-state index contributed by atoms with van der Waals surface area (Å²) in [6.07, 6.45) is 6.43. The van der Waals surface area contributed by atoms with Crippen LogP contribution in [0.1, 0.15) is 44.1 Å². The molecule has 20 heavy (non-hydrogen) atoms. The standard InChI is InChI=1S/C17H17ClO2/c18-14-7-5-13(6-8-14)17(9-10-17)16(20)11-12-3-1-2-4-15(12)19/h3,5-8H,1-2,4,9-11H2. The summed E-state index contributed by atoms with van der Waals surface area (Å²) >= 11 is 5.90. The minimum atomic E-state index is -0.358. The highest BCUT2D eigenvalue weighted by Crippen LogP contribution is 2.50. The zero-order valence-corrected chi connectivity index (χ0v) is 12.1. The molecule has 1 saturated carbocycles. The molecule has 0 heterocycles. The Kier molecular flexibility index (Phi) is 3.51. The molecule has 0 spiro atoms. The quantitative estimate of drug-likeness (QED) is 0.839. The van der Waals surface area contributed by atoms with Gasteiger partial charge in [0.25, 0.3) is 0 Å². The molecule has 104 valence electrons. The van der Waals surface area contributed by atoms with E-state index in [-0.39, 0.29) is 17.0 Å². The Morgan fingerprint density at radius 1 is 1.20 bits per heavy atom. The minimum Gasteiger partial charge on any atom is -0.298 e. The Morgan fingerprint density at radius 2 is 1.90 bits per heavy atom. The molecule has 0 radical (unpaired) electrons. The van der Waals surface area contributed by atoms with Gasteiger partial charge in [0.1, 0.15) is 5.78 Å². The second-order valence-corrected chi connectivity index (χ2v) is 6.17. The van der Waals surface area contributed by atoms with Crippen LogP contribution in [0.25, 0.3) is 0 Å². The average Bonchev–Trinajstić information content (AvgIpc) is 3.24. The van der Waals surface area contributed by atoms with Gasteiger partial charge in [-0.2, -0.15) is 0 Å². The molecule has 2 nitrogen and oxygen atoms in total. The number of ketones is 2. The van der Waals surface area contributed by atoms with Crippen LogP contribution in [0, 0.1) is 0 Å². The maximum Gasteiger partial charge on any atom is 0.159 e.